The number of hydrogen-bond donors (Lipinski definition) is 10. The third-order valence-electron chi connectivity index (χ3n) is 4.12. The van der Waals surface area contributed by atoms with Crippen LogP contribution in [0.3, 0.4) is 0 Å². The van der Waals surface area contributed by atoms with E-state index in [1.807, 2.05) is 5.32 Å². The van der Waals surface area contributed by atoms with Gasteiger partial charge in [-0.3, -0.25) is 29.0 Å². The van der Waals surface area contributed by atoms with Crippen LogP contribution in [0.25, 0.3) is 0 Å². The molecule has 0 aromatic heterocycles. The molecule has 0 aliphatic rings. The number of guanidine groups is 1. The topological polar surface area (TPSA) is 290 Å². The molecule has 4 atom stereocenters. The number of thiol groups is 1. The van der Waals surface area contributed by atoms with Crippen molar-refractivity contribution >= 4 is 54.2 Å². The summed E-state index contributed by atoms with van der Waals surface area (Å²) in [6.45, 7) is 0.0657. The number of aliphatic imine (C=N–C) groups is 1. The molecule has 0 spiro atoms. The van der Waals surface area contributed by atoms with Gasteiger partial charge in [-0.25, -0.2) is 4.79 Å². The summed E-state index contributed by atoms with van der Waals surface area (Å²) in [7, 11) is 0. The molecular weight excluding hydrogens is 478 g/mol. The molecule has 0 aliphatic carbocycles. The normalized spacial score (nSPS) is 13.9. The van der Waals surface area contributed by atoms with Crippen molar-refractivity contribution in [2.75, 3.05) is 12.3 Å². The highest BCUT2D eigenvalue weighted by atomic mass is 32.1. The minimum atomic E-state index is -1.77. The number of rotatable bonds is 16. The SMILES string of the molecule is NC(N)=NCCCC(NC(=O)C(CS)NC(=O)C(N)CC(=O)O)C(=O)NC(CC(=O)O)C(=O)O. The lowest BCUT2D eigenvalue weighted by molar-refractivity contribution is -0.147. The van der Waals surface area contributed by atoms with Gasteiger partial charge in [-0.1, -0.05) is 0 Å². The van der Waals surface area contributed by atoms with Crippen LogP contribution in [0.1, 0.15) is 25.7 Å². The zero-order chi connectivity index (χ0) is 26.4. The van der Waals surface area contributed by atoms with Crippen molar-refractivity contribution in [2.45, 2.75) is 49.9 Å². The van der Waals surface area contributed by atoms with Gasteiger partial charge in [0.2, 0.25) is 17.7 Å². The molecule has 0 aromatic rings. The average molecular weight is 508 g/mol. The number of carboxylic acid groups (broad SMARTS) is 3. The molecule has 0 radical (unpaired) electrons. The lowest BCUT2D eigenvalue weighted by Crippen LogP contribution is -2.57. The Hall–Kier alpha value is -3.60. The first-order valence-electron chi connectivity index (χ1n) is 9.77. The lowest BCUT2D eigenvalue weighted by Gasteiger charge is -2.24. The highest BCUT2D eigenvalue weighted by molar-refractivity contribution is 7.80. The molecule has 192 valence electrons. The average Bonchev–Trinajstić information content (AvgIpc) is 2.71. The Morgan fingerprint density at radius 3 is 1.76 bits per heavy atom. The summed E-state index contributed by atoms with van der Waals surface area (Å²) in [6, 6.07) is -5.89. The predicted molar refractivity (Wildman–Crippen MR) is 120 cm³/mol. The Bertz CT molecular complexity index is 804. The Kier molecular flexibility index (Phi) is 13.7. The van der Waals surface area contributed by atoms with Crippen LogP contribution in [0.5, 0.6) is 0 Å². The summed E-state index contributed by atoms with van der Waals surface area (Å²) < 4.78 is 0. The number of aliphatic carboxylic acids is 3. The fraction of sp³-hybridized carbons (Fsp3) is 0.588. The molecule has 0 aromatic carbocycles. The van der Waals surface area contributed by atoms with Gasteiger partial charge in [0, 0.05) is 12.3 Å². The predicted octanol–water partition coefficient (Wildman–Crippen LogP) is -4.21. The number of nitrogens with one attached hydrogen (secondary N) is 3. The molecule has 12 N–H and O–H groups in total. The molecule has 0 heterocycles. The number of carboxylic acids is 3. The largest absolute Gasteiger partial charge is 0.481 e. The van der Waals surface area contributed by atoms with Gasteiger partial charge >= 0.3 is 17.9 Å². The van der Waals surface area contributed by atoms with E-state index in [1.165, 1.54) is 0 Å². The van der Waals surface area contributed by atoms with Crippen LogP contribution >= 0.6 is 12.6 Å². The maximum Gasteiger partial charge on any atom is 0.326 e. The Labute approximate surface area is 199 Å². The molecule has 17 heteroatoms. The van der Waals surface area contributed by atoms with Crippen molar-refractivity contribution in [3.05, 3.63) is 0 Å². The minimum Gasteiger partial charge on any atom is -0.481 e. The molecule has 0 aliphatic heterocycles. The van der Waals surface area contributed by atoms with Gasteiger partial charge in [-0.2, -0.15) is 12.6 Å². The fourth-order valence-electron chi connectivity index (χ4n) is 2.45. The van der Waals surface area contributed by atoms with Gasteiger partial charge in [0.15, 0.2) is 5.96 Å². The zero-order valence-corrected chi connectivity index (χ0v) is 18.9. The van der Waals surface area contributed by atoms with Crippen LogP contribution in [0.15, 0.2) is 4.99 Å². The summed E-state index contributed by atoms with van der Waals surface area (Å²) in [5.41, 5.74) is 15.9. The zero-order valence-electron chi connectivity index (χ0n) is 18.0. The molecule has 0 saturated carbocycles. The van der Waals surface area contributed by atoms with Crippen LogP contribution in [0.4, 0.5) is 0 Å². The van der Waals surface area contributed by atoms with Gasteiger partial charge in [0.05, 0.1) is 18.9 Å². The lowest BCUT2D eigenvalue weighted by atomic mass is 10.1. The molecule has 16 nitrogen and oxygen atoms in total. The molecule has 0 fully saturated rings. The third-order valence-corrected chi connectivity index (χ3v) is 4.48. The summed E-state index contributed by atoms with van der Waals surface area (Å²) in [5, 5.41) is 33.2. The standard InChI is InChI=1S/C17H29N7O9S/c18-7(4-11(25)26)13(29)24-10(6-34)15(31)22-8(2-1-3-21-17(19)20)14(30)23-9(16(32)33)5-12(27)28/h7-10,34H,1-6,18H2,(H,22,31)(H,23,30)(H,24,29)(H,25,26)(H,27,28)(H,32,33)(H4,19,20,21). The molecule has 4 unspecified atom stereocenters. The quantitative estimate of drug-likeness (QED) is 0.0411. The Morgan fingerprint density at radius 1 is 0.794 bits per heavy atom. The van der Waals surface area contributed by atoms with E-state index < -0.39 is 72.6 Å². The number of carbonyl (C=O) groups excluding carboxylic acids is 3. The molecule has 0 saturated heterocycles. The Morgan fingerprint density at radius 2 is 1.29 bits per heavy atom. The van der Waals surface area contributed by atoms with Gasteiger partial charge in [-0.05, 0) is 12.8 Å². The molecule has 0 rings (SSSR count). The van der Waals surface area contributed by atoms with E-state index >= 15 is 0 Å². The van der Waals surface area contributed by atoms with Gasteiger partial charge in [0.25, 0.3) is 0 Å². The Balaban J connectivity index is 5.43. The summed E-state index contributed by atoms with van der Waals surface area (Å²) >= 11 is 3.95. The highest BCUT2D eigenvalue weighted by Gasteiger charge is 2.30. The second-order valence-corrected chi connectivity index (χ2v) is 7.32. The number of amides is 3. The van der Waals surface area contributed by atoms with E-state index in [4.69, 9.17) is 32.5 Å². The van der Waals surface area contributed by atoms with E-state index in [0.29, 0.717) is 0 Å². The maximum atomic E-state index is 12.6. The number of nitrogens with zero attached hydrogens (tertiary/aromatic N) is 1. The first kappa shape index (κ1) is 30.4. The second-order valence-electron chi connectivity index (χ2n) is 6.96. The van der Waals surface area contributed by atoms with Crippen molar-refractivity contribution in [2.24, 2.45) is 22.2 Å². The van der Waals surface area contributed by atoms with Crippen LogP contribution < -0.4 is 33.2 Å². The van der Waals surface area contributed by atoms with E-state index in [1.54, 1.807) is 0 Å². The fourth-order valence-corrected chi connectivity index (χ4v) is 2.70. The first-order chi connectivity index (χ1) is 15.8. The number of hydrogen-bond acceptors (Lipinski definition) is 9. The van der Waals surface area contributed by atoms with Crippen molar-refractivity contribution < 1.29 is 44.1 Å². The molecule has 3 amide bonds. The van der Waals surface area contributed by atoms with Crippen molar-refractivity contribution in [3.8, 4) is 0 Å². The van der Waals surface area contributed by atoms with Crippen LogP contribution in [0.2, 0.25) is 0 Å². The van der Waals surface area contributed by atoms with E-state index in [0.717, 1.165) is 0 Å². The maximum absolute atomic E-state index is 12.6. The van der Waals surface area contributed by atoms with Crippen LogP contribution in [-0.4, -0.2) is 93.4 Å². The molecule has 0 bridgehead atoms. The molecular formula is C17H29N7O9S. The number of nitrogens with two attached hydrogens (primary N) is 3. The van der Waals surface area contributed by atoms with E-state index in [2.05, 4.69) is 28.3 Å². The smallest absolute Gasteiger partial charge is 0.326 e. The van der Waals surface area contributed by atoms with E-state index in [9.17, 15) is 28.8 Å². The highest BCUT2D eigenvalue weighted by Crippen LogP contribution is 2.03. The van der Waals surface area contributed by atoms with Gasteiger partial charge in [-0.15, -0.1) is 0 Å². The number of carbonyl (C=O) groups is 6. The monoisotopic (exact) mass is 507 g/mol. The van der Waals surface area contributed by atoms with Gasteiger partial charge in [0.1, 0.15) is 18.1 Å². The van der Waals surface area contributed by atoms with Gasteiger partial charge < -0.3 is 48.5 Å². The summed E-state index contributed by atoms with van der Waals surface area (Å²) in [4.78, 5) is 73.8. The van der Waals surface area contributed by atoms with Crippen molar-refractivity contribution in [1.82, 2.24) is 16.0 Å². The minimum absolute atomic E-state index is 0.0657. The third kappa shape index (κ3) is 12.4. The van der Waals surface area contributed by atoms with Crippen molar-refractivity contribution in [3.63, 3.8) is 0 Å². The summed E-state index contributed by atoms with van der Waals surface area (Å²) in [5.74, 6) is -7.73. The van der Waals surface area contributed by atoms with Crippen molar-refractivity contribution in [1.29, 1.82) is 0 Å². The van der Waals surface area contributed by atoms with E-state index in [-0.39, 0.29) is 31.1 Å². The summed E-state index contributed by atoms with van der Waals surface area (Å²) in [6.07, 6.45) is -1.52. The van der Waals surface area contributed by atoms with Crippen LogP contribution in [-0.2, 0) is 28.8 Å². The second kappa shape index (κ2) is 15.3. The molecule has 34 heavy (non-hydrogen) atoms. The first-order valence-corrected chi connectivity index (χ1v) is 10.4. The van der Waals surface area contributed by atoms with Crippen LogP contribution in [0, 0.1) is 0 Å².